The molecule has 0 fully saturated rings. The lowest BCUT2D eigenvalue weighted by Crippen LogP contribution is -2.14. The van der Waals surface area contributed by atoms with E-state index in [2.05, 4.69) is 25.7 Å². The topological polar surface area (TPSA) is 65.5 Å². The van der Waals surface area contributed by atoms with E-state index in [0.717, 1.165) is 0 Å². The fraction of sp³-hybridized carbons (Fsp3) is 0.273. The summed E-state index contributed by atoms with van der Waals surface area (Å²) in [5, 5.41) is 0. The second kappa shape index (κ2) is 5.31. The lowest BCUT2D eigenvalue weighted by Gasteiger charge is -2.03. The van der Waals surface area contributed by atoms with Gasteiger partial charge < -0.3 is 13.6 Å². The zero-order valence-electron chi connectivity index (χ0n) is 9.95. The number of halogens is 4. The molecule has 0 unspecified atom stereocenters. The fourth-order valence-corrected chi connectivity index (χ4v) is 1.82. The Bertz CT molecular complexity index is 632. The number of esters is 1. The number of furan rings is 1. The second-order valence-corrected chi connectivity index (χ2v) is 4.24. The molecule has 2 heterocycles. The molecule has 0 atom stereocenters. The third-order valence-electron chi connectivity index (χ3n) is 2.20. The second-order valence-electron chi connectivity index (χ2n) is 3.52. The number of hydrogen-bond acceptors (Lipinski definition) is 5. The number of ether oxygens (including phenoxy) is 1. The normalized spacial score (nSPS) is 11.7. The molecule has 5 nitrogen and oxygen atoms in total. The number of carbonyl (C=O) groups is 1. The molecule has 0 amide bonds. The minimum atomic E-state index is -4.83. The predicted octanol–water partition coefficient (Wildman–Crippen LogP) is 3.89. The predicted molar refractivity (Wildman–Crippen MR) is 62.9 cm³/mol. The molecule has 0 spiro atoms. The maximum atomic E-state index is 12.8. The highest BCUT2D eigenvalue weighted by Gasteiger charge is 2.42. The molecule has 0 saturated carbocycles. The van der Waals surface area contributed by atoms with Crippen molar-refractivity contribution in [3.8, 4) is 11.5 Å². The van der Waals surface area contributed by atoms with Gasteiger partial charge in [0.05, 0.1) is 18.4 Å². The Labute approximate surface area is 118 Å². The SMILES string of the molecule is CCOC(=O)c1oc(-c2ccoc2Br)nc1C(F)(F)F. The van der Waals surface area contributed by atoms with Crippen molar-refractivity contribution in [2.45, 2.75) is 13.1 Å². The van der Waals surface area contributed by atoms with Gasteiger partial charge in [-0.2, -0.15) is 13.2 Å². The Kier molecular flexibility index (Phi) is 3.89. The molecule has 0 radical (unpaired) electrons. The van der Waals surface area contributed by atoms with Crippen LogP contribution in [0.2, 0.25) is 0 Å². The van der Waals surface area contributed by atoms with Gasteiger partial charge in [0.2, 0.25) is 11.7 Å². The van der Waals surface area contributed by atoms with Gasteiger partial charge in [0, 0.05) is 0 Å². The maximum absolute atomic E-state index is 12.8. The molecule has 9 heteroatoms. The van der Waals surface area contributed by atoms with Crippen LogP contribution >= 0.6 is 15.9 Å². The highest BCUT2D eigenvalue weighted by Crippen LogP contribution is 2.36. The zero-order valence-corrected chi connectivity index (χ0v) is 11.5. The fourth-order valence-electron chi connectivity index (χ4n) is 1.41. The Hall–Kier alpha value is -1.77. The van der Waals surface area contributed by atoms with Crippen molar-refractivity contribution in [2.24, 2.45) is 0 Å². The van der Waals surface area contributed by atoms with Crippen molar-refractivity contribution in [1.82, 2.24) is 4.98 Å². The van der Waals surface area contributed by atoms with E-state index in [4.69, 9.17) is 8.83 Å². The first kappa shape index (κ1) is 14.6. The van der Waals surface area contributed by atoms with E-state index >= 15 is 0 Å². The van der Waals surface area contributed by atoms with Gasteiger partial charge in [0.25, 0.3) is 0 Å². The van der Waals surface area contributed by atoms with E-state index in [1.165, 1.54) is 19.3 Å². The number of alkyl halides is 3. The molecule has 0 aliphatic carbocycles. The molecule has 108 valence electrons. The van der Waals surface area contributed by atoms with Gasteiger partial charge in [-0.05, 0) is 28.9 Å². The van der Waals surface area contributed by atoms with Crippen LogP contribution < -0.4 is 0 Å². The highest BCUT2D eigenvalue weighted by molar-refractivity contribution is 9.10. The van der Waals surface area contributed by atoms with Gasteiger partial charge in [-0.1, -0.05) is 0 Å². The van der Waals surface area contributed by atoms with Crippen LogP contribution in [0.4, 0.5) is 13.2 Å². The number of aromatic nitrogens is 1. The highest BCUT2D eigenvalue weighted by atomic mass is 79.9. The lowest BCUT2D eigenvalue weighted by atomic mass is 10.3. The number of nitrogens with zero attached hydrogens (tertiary/aromatic N) is 1. The minimum Gasteiger partial charge on any atom is -0.460 e. The first-order valence-electron chi connectivity index (χ1n) is 5.33. The van der Waals surface area contributed by atoms with Gasteiger partial charge in [0.15, 0.2) is 10.4 Å². The molecule has 0 aromatic carbocycles. The molecular weight excluding hydrogens is 347 g/mol. The van der Waals surface area contributed by atoms with Crippen LogP contribution in [0.3, 0.4) is 0 Å². The van der Waals surface area contributed by atoms with Crippen LogP contribution in [0, 0.1) is 0 Å². The third-order valence-corrected chi connectivity index (χ3v) is 2.82. The monoisotopic (exact) mass is 353 g/mol. The summed E-state index contributed by atoms with van der Waals surface area (Å²) in [5.41, 5.74) is -1.27. The molecule has 2 rings (SSSR count). The standard InChI is InChI=1S/C11H7BrF3NO4/c1-2-18-10(17)6-7(11(13,14)15)16-9(20-6)5-3-4-19-8(5)12/h3-4H,2H2,1H3. The van der Waals surface area contributed by atoms with Crippen molar-refractivity contribution >= 4 is 21.9 Å². The summed E-state index contributed by atoms with van der Waals surface area (Å²) in [4.78, 5) is 14.8. The molecular formula is C11H7BrF3NO4. The van der Waals surface area contributed by atoms with E-state index < -0.39 is 23.6 Å². The first-order valence-corrected chi connectivity index (χ1v) is 6.12. The zero-order chi connectivity index (χ0) is 14.9. The number of rotatable bonds is 3. The summed E-state index contributed by atoms with van der Waals surface area (Å²) in [6.07, 6.45) is -3.60. The minimum absolute atomic E-state index is 0.0818. The Morgan fingerprint density at radius 1 is 1.50 bits per heavy atom. The molecule has 0 N–H and O–H groups in total. The van der Waals surface area contributed by atoms with E-state index in [0.29, 0.717) is 0 Å². The number of hydrogen-bond donors (Lipinski definition) is 0. The van der Waals surface area contributed by atoms with Gasteiger partial charge >= 0.3 is 12.1 Å². The molecule has 2 aromatic heterocycles. The summed E-state index contributed by atoms with van der Waals surface area (Å²) in [5.74, 6) is -2.60. The van der Waals surface area contributed by atoms with E-state index in [-0.39, 0.29) is 22.7 Å². The molecule has 0 bridgehead atoms. The van der Waals surface area contributed by atoms with Crippen LogP contribution in [0.1, 0.15) is 23.2 Å². The molecule has 0 aliphatic heterocycles. The summed E-state index contributed by atoms with van der Waals surface area (Å²) in [6.45, 7) is 1.39. The van der Waals surface area contributed by atoms with Crippen molar-refractivity contribution in [3.05, 3.63) is 28.5 Å². The Morgan fingerprint density at radius 3 is 2.70 bits per heavy atom. The van der Waals surface area contributed by atoms with Crippen LogP contribution in [0.15, 0.2) is 25.8 Å². The van der Waals surface area contributed by atoms with E-state index in [1.54, 1.807) is 0 Å². The molecule has 0 aliphatic rings. The largest absolute Gasteiger partial charge is 0.460 e. The number of oxazole rings is 1. The van der Waals surface area contributed by atoms with E-state index in [1.807, 2.05) is 0 Å². The number of carbonyl (C=O) groups excluding carboxylic acids is 1. The van der Waals surface area contributed by atoms with Crippen molar-refractivity contribution in [2.75, 3.05) is 6.61 Å². The third kappa shape index (κ3) is 2.72. The lowest BCUT2D eigenvalue weighted by molar-refractivity contribution is -0.141. The van der Waals surface area contributed by atoms with Crippen LogP contribution in [-0.2, 0) is 10.9 Å². The maximum Gasteiger partial charge on any atom is 0.437 e. The average molecular weight is 354 g/mol. The van der Waals surface area contributed by atoms with Crippen LogP contribution in [-0.4, -0.2) is 17.6 Å². The van der Waals surface area contributed by atoms with E-state index in [9.17, 15) is 18.0 Å². The summed E-state index contributed by atoms with van der Waals surface area (Å²) < 4.78 is 52.9. The quantitative estimate of drug-likeness (QED) is 0.783. The molecule has 20 heavy (non-hydrogen) atoms. The van der Waals surface area contributed by atoms with Crippen LogP contribution in [0.5, 0.6) is 0 Å². The average Bonchev–Trinajstić information content (AvgIpc) is 2.94. The molecule has 2 aromatic rings. The van der Waals surface area contributed by atoms with Gasteiger partial charge in [-0.3, -0.25) is 0 Å². The van der Waals surface area contributed by atoms with Crippen LogP contribution in [0.25, 0.3) is 11.5 Å². The first-order chi connectivity index (χ1) is 9.34. The Morgan fingerprint density at radius 2 is 2.20 bits per heavy atom. The van der Waals surface area contributed by atoms with Crippen molar-refractivity contribution in [3.63, 3.8) is 0 Å². The van der Waals surface area contributed by atoms with Crippen molar-refractivity contribution in [1.29, 1.82) is 0 Å². The van der Waals surface area contributed by atoms with Gasteiger partial charge in [0.1, 0.15) is 0 Å². The summed E-state index contributed by atoms with van der Waals surface area (Å²) in [6, 6.07) is 1.35. The van der Waals surface area contributed by atoms with Gasteiger partial charge in [-0.15, -0.1) is 0 Å². The molecule has 0 saturated heterocycles. The Balaban J connectivity index is 2.53. The van der Waals surface area contributed by atoms with Crippen molar-refractivity contribution < 1.29 is 31.5 Å². The summed E-state index contributed by atoms with van der Waals surface area (Å²) >= 11 is 2.99. The van der Waals surface area contributed by atoms with Gasteiger partial charge in [-0.25, -0.2) is 9.78 Å². The smallest absolute Gasteiger partial charge is 0.437 e. The summed E-state index contributed by atoms with van der Waals surface area (Å²) in [7, 11) is 0.